The molecule has 3 fully saturated rings. The topological polar surface area (TPSA) is 208 Å². The highest BCUT2D eigenvalue weighted by molar-refractivity contribution is 8.07. The third kappa shape index (κ3) is 7.57. The van der Waals surface area contributed by atoms with E-state index >= 15 is 4.39 Å². The van der Waals surface area contributed by atoms with Crippen LogP contribution in [0.1, 0.15) is 30.7 Å². The molecule has 1 N–H and O–H groups in total. The molecule has 1 aliphatic carbocycles. The van der Waals surface area contributed by atoms with E-state index in [4.69, 9.17) is 77.4 Å². The quantitative estimate of drug-likeness (QED) is 0.173. The van der Waals surface area contributed by atoms with E-state index in [2.05, 4.69) is 25.3 Å². The number of carbonyl (C=O) groups excluding carboxylic acids is 2. The van der Waals surface area contributed by atoms with Crippen molar-refractivity contribution in [3.63, 3.8) is 0 Å². The minimum Gasteiger partial charge on any atom is -0.345 e. The number of aryl methyl sites for hydroxylation is 1. The van der Waals surface area contributed by atoms with Crippen LogP contribution >= 0.6 is 25.0 Å². The van der Waals surface area contributed by atoms with Gasteiger partial charge in [0.1, 0.15) is 29.6 Å². The van der Waals surface area contributed by atoms with Crippen LogP contribution < -0.4 is 0 Å². The zero-order valence-corrected chi connectivity index (χ0v) is 30.1. The first-order valence-corrected chi connectivity index (χ1v) is 20.5. The lowest BCUT2D eigenvalue weighted by Gasteiger charge is -2.45. The number of aromatic nitrogens is 7. The molecular weight excluding hydrogens is 761 g/mol. The van der Waals surface area contributed by atoms with Crippen LogP contribution in [0.4, 0.5) is 4.39 Å². The first-order chi connectivity index (χ1) is 24.0. The van der Waals surface area contributed by atoms with E-state index < -0.39 is 44.7 Å². The minimum absolute atomic E-state index is 0.00239. The zero-order valence-electron chi connectivity index (χ0n) is 25.9. The third-order valence-corrected chi connectivity index (χ3v) is 12.7. The maximum Gasteiger partial charge on any atom is 0.373 e. The average Bonchev–Trinajstić information content (AvgIpc) is 3.77. The number of nitrogens with zero attached hydrogens (tertiary/aromatic N) is 8. The molecule has 2 unspecified atom stereocenters. The Morgan fingerprint density at radius 2 is 1.94 bits per heavy atom. The number of halogens is 2. The maximum absolute atomic E-state index is 16.4. The SMILES string of the molecule is Cc1cccc2c1nnn2[C@@H]1O[C@@H]2COP(O)(=S)OC[C@@H]3[C@@H](COP(=S)(OCCC#N)O[C@H]2[C@H]1F)C[C@H]3n1cnc2c(Cl)ncnc21.O=C=O. The van der Waals surface area contributed by atoms with Gasteiger partial charge in [0.2, 0.25) is 0 Å². The van der Waals surface area contributed by atoms with Gasteiger partial charge in [-0.2, -0.15) is 14.9 Å². The van der Waals surface area contributed by atoms with Gasteiger partial charge in [0, 0.05) is 12.0 Å². The highest BCUT2D eigenvalue weighted by Gasteiger charge is 2.52. The monoisotopic (exact) mass is 788 g/mol. The number of hydrogen-bond acceptors (Lipinski definition) is 16. The molecule has 3 aromatic heterocycles. The zero-order chi connectivity index (χ0) is 35.6. The Morgan fingerprint density at radius 1 is 1.16 bits per heavy atom. The molecule has 17 nitrogen and oxygen atoms in total. The predicted octanol–water partition coefficient (Wildman–Crippen LogP) is 3.88. The van der Waals surface area contributed by atoms with Crippen LogP contribution in [0.5, 0.6) is 0 Å². The van der Waals surface area contributed by atoms with E-state index in [1.54, 1.807) is 18.5 Å². The van der Waals surface area contributed by atoms with Gasteiger partial charge in [0.15, 0.2) is 23.2 Å². The lowest BCUT2D eigenvalue weighted by molar-refractivity contribution is -0.191. The van der Waals surface area contributed by atoms with Crippen LogP contribution in [-0.4, -0.2) is 90.4 Å². The molecular formula is C27H28ClFN8O9P2S2. The fourth-order valence-corrected chi connectivity index (χ4v) is 9.52. The van der Waals surface area contributed by atoms with E-state index in [0.717, 1.165) is 5.56 Å². The maximum atomic E-state index is 16.4. The van der Waals surface area contributed by atoms with Gasteiger partial charge in [0.05, 0.1) is 50.8 Å². The highest BCUT2D eigenvalue weighted by Crippen LogP contribution is 2.58. The summed E-state index contributed by atoms with van der Waals surface area (Å²) in [5, 5.41) is 17.7. The molecule has 266 valence electrons. The fourth-order valence-electron chi connectivity index (χ4n) is 6.06. The van der Waals surface area contributed by atoms with E-state index in [1.165, 1.54) is 11.0 Å². The van der Waals surface area contributed by atoms with Crippen molar-refractivity contribution >= 4 is 77.0 Å². The highest BCUT2D eigenvalue weighted by atomic mass is 35.5. The van der Waals surface area contributed by atoms with Gasteiger partial charge in [-0.1, -0.05) is 28.9 Å². The molecule has 4 aromatic rings. The van der Waals surface area contributed by atoms with Gasteiger partial charge in [-0.3, -0.25) is 4.52 Å². The molecule has 0 amide bonds. The largest absolute Gasteiger partial charge is 0.373 e. The molecule has 23 heteroatoms. The number of hydrogen-bond donors (Lipinski definition) is 1. The van der Waals surface area contributed by atoms with Gasteiger partial charge in [-0.05, 0) is 54.5 Å². The van der Waals surface area contributed by atoms with Crippen LogP contribution in [0.3, 0.4) is 0 Å². The standard InChI is InChI=1S/C26H28ClFN8O7P2S2.CO2/c1-14-4-2-5-17-21(14)33-34-36(17)26-20(28)23-19(42-26)11-40-44(37,46)39-10-16-15(9-41-45(47,43-23)38-7-3-6-29)8-18(16)35-13-32-22-24(27)30-12-31-25(22)35;2-1-3/h2,4-5,12-13,15-16,18-20,23,26H,3,7-11H2,1H3,(H,37,46);/t15-,16-,18-,19-,20-,23-,26-,44?,45?;/m1./s1. The lowest BCUT2D eigenvalue weighted by Crippen LogP contribution is -2.43. The summed E-state index contributed by atoms with van der Waals surface area (Å²) in [6.45, 7) is -6.09. The third-order valence-electron chi connectivity index (χ3n) is 8.52. The van der Waals surface area contributed by atoms with E-state index in [9.17, 15) is 4.89 Å². The Kier molecular flexibility index (Phi) is 11.5. The average molecular weight is 789 g/mol. The van der Waals surface area contributed by atoms with Crippen molar-refractivity contribution in [2.24, 2.45) is 11.8 Å². The van der Waals surface area contributed by atoms with Crippen LogP contribution in [0, 0.1) is 30.1 Å². The second-order valence-corrected chi connectivity index (χ2v) is 17.6. The van der Waals surface area contributed by atoms with Crippen molar-refractivity contribution < 1.29 is 46.2 Å². The normalized spacial score (nSPS) is 32.9. The summed E-state index contributed by atoms with van der Waals surface area (Å²) in [5.41, 5.74) is 2.97. The van der Waals surface area contributed by atoms with Crippen LogP contribution in [0.2, 0.25) is 5.15 Å². The number of ether oxygens (including phenoxy) is 1. The van der Waals surface area contributed by atoms with E-state index in [1.807, 2.05) is 23.6 Å². The van der Waals surface area contributed by atoms with Crippen molar-refractivity contribution in [2.45, 2.75) is 50.4 Å². The molecule has 2 aliphatic heterocycles. The fraction of sp³-hybridized carbons (Fsp3) is 0.519. The number of alkyl halides is 1. The van der Waals surface area contributed by atoms with Gasteiger partial charge in [-0.15, -0.1) is 5.10 Å². The van der Waals surface area contributed by atoms with E-state index in [-0.39, 0.29) is 55.4 Å². The second kappa shape index (κ2) is 15.5. The molecule has 3 aliphatic rings. The number of benzene rings is 1. The Morgan fingerprint density at radius 3 is 2.72 bits per heavy atom. The summed E-state index contributed by atoms with van der Waals surface area (Å²) in [6, 6.07) is 7.24. The number of nitriles is 1. The Hall–Kier alpha value is -2.72. The first kappa shape index (κ1) is 37.1. The molecule has 1 saturated carbocycles. The van der Waals surface area contributed by atoms with Crippen molar-refractivity contribution in [2.75, 3.05) is 26.4 Å². The van der Waals surface area contributed by atoms with E-state index in [0.29, 0.717) is 28.6 Å². The molecule has 7 rings (SSSR count). The molecule has 0 bridgehead atoms. The summed E-state index contributed by atoms with van der Waals surface area (Å²) in [6.07, 6.45) is -1.82. The molecule has 0 radical (unpaired) electrons. The summed E-state index contributed by atoms with van der Waals surface area (Å²) < 4.78 is 55.5. The minimum atomic E-state index is -3.85. The molecule has 2 saturated heterocycles. The van der Waals surface area contributed by atoms with Crippen LogP contribution in [0.25, 0.3) is 22.2 Å². The lowest BCUT2D eigenvalue weighted by atomic mass is 9.70. The summed E-state index contributed by atoms with van der Waals surface area (Å²) in [4.78, 5) is 40.0. The Bertz CT molecular complexity index is 2050. The Labute approximate surface area is 298 Å². The van der Waals surface area contributed by atoms with Gasteiger partial charge >= 0.3 is 19.6 Å². The number of rotatable bonds is 5. The summed E-state index contributed by atoms with van der Waals surface area (Å²) in [5.74, 6) is -0.439. The summed E-state index contributed by atoms with van der Waals surface area (Å²) >= 11 is 17.3. The summed E-state index contributed by atoms with van der Waals surface area (Å²) in [7, 11) is 0. The molecule has 50 heavy (non-hydrogen) atoms. The molecule has 1 aromatic carbocycles. The van der Waals surface area contributed by atoms with Crippen molar-refractivity contribution in [3.8, 4) is 6.07 Å². The predicted molar refractivity (Wildman–Crippen MR) is 177 cm³/mol. The van der Waals surface area contributed by atoms with Crippen molar-refractivity contribution in [3.05, 3.63) is 41.6 Å². The van der Waals surface area contributed by atoms with Crippen molar-refractivity contribution in [1.82, 2.24) is 34.5 Å². The van der Waals surface area contributed by atoms with Crippen LogP contribution in [0.15, 0.2) is 30.9 Å². The molecule has 0 spiro atoms. The van der Waals surface area contributed by atoms with Gasteiger partial charge in [-0.25, -0.2) is 24.0 Å². The van der Waals surface area contributed by atoms with Crippen LogP contribution in [-0.2, 0) is 60.6 Å². The second-order valence-electron chi connectivity index (χ2n) is 11.4. The number of fused-ring (bicyclic) bond motifs is 4. The number of imidazole rings is 1. The molecule has 9 atom stereocenters. The van der Waals surface area contributed by atoms with Crippen molar-refractivity contribution in [1.29, 1.82) is 5.26 Å². The smallest absolute Gasteiger partial charge is 0.345 e. The van der Waals surface area contributed by atoms with Gasteiger partial charge < -0.3 is 32.3 Å². The van der Waals surface area contributed by atoms with Gasteiger partial charge in [0.25, 0.3) is 0 Å². The molecule has 5 heterocycles. The Balaban J connectivity index is 0.00000139. The first-order valence-electron chi connectivity index (χ1n) is 15.0.